The van der Waals surface area contributed by atoms with Crippen molar-refractivity contribution >= 4 is 92.6 Å². The number of nitrogens with zero attached hydrogens (tertiary/aromatic N) is 3. The molecule has 2 saturated heterocycles. The second-order valence-electron chi connectivity index (χ2n) is 18.5. The minimum absolute atomic E-state index is 0. The Kier molecular flexibility index (Phi) is 20.0. The van der Waals surface area contributed by atoms with Crippen molar-refractivity contribution < 1.29 is 42.6 Å². The topological polar surface area (TPSA) is 238 Å². The molecule has 0 radical (unpaired) electrons. The second kappa shape index (κ2) is 27.2. The third kappa shape index (κ3) is 15.7. The molecule has 2 aliphatic heterocycles. The fraction of sp³-hybridized carbons (Fsp3) is 0.233. The van der Waals surface area contributed by atoms with E-state index in [9.17, 15) is 19.2 Å². The number of ether oxygens (including phenoxy) is 2. The number of carbonyl (C=O) groups excluding carboxylic acids is 3. The highest BCUT2D eigenvalue weighted by atomic mass is 35.5. The lowest BCUT2D eigenvalue weighted by atomic mass is 10.0. The summed E-state index contributed by atoms with van der Waals surface area (Å²) in [6.45, 7) is 8.30. The first kappa shape index (κ1) is 57.4. The molecule has 78 heavy (non-hydrogen) atoms. The van der Waals surface area contributed by atoms with Crippen molar-refractivity contribution in [2.75, 3.05) is 44.4 Å². The van der Waals surface area contributed by atoms with E-state index in [2.05, 4.69) is 27.5 Å². The summed E-state index contributed by atoms with van der Waals surface area (Å²) < 4.78 is 22.3. The fourth-order valence-corrected chi connectivity index (χ4v) is 8.91. The number of nitrogens with two attached hydrogens (primary N) is 2. The van der Waals surface area contributed by atoms with Gasteiger partial charge in [0.1, 0.15) is 23.2 Å². The number of aromatic carboxylic acids is 1. The highest BCUT2D eigenvalue weighted by Gasteiger charge is 2.25. The predicted octanol–water partition coefficient (Wildman–Crippen LogP) is 11.7. The number of halogens is 2. The van der Waals surface area contributed by atoms with Crippen LogP contribution in [0.4, 0.5) is 11.6 Å². The van der Waals surface area contributed by atoms with Gasteiger partial charge in [0.2, 0.25) is 11.8 Å². The Bertz CT molecular complexity index is 3410. The summed E-state index contributed by atoms with van der Waals surface area (Å²) in [5.74, 6) is 1.25. The number of nitrogens with one attached hydrogen (secondary N) is 2. The maximum atomic E-state index is 12.9. The molecule has 7 N–H and O–H groups in total. The molecule has 8 aromatic rings. The molecular formula is C60H61Cl2N7O9. The van der Waals surface area contributed by atoms with E-state index in [0.29, 0.717) is 69.7 Å². The van der Waals surface area contributed by atoms with Gasteiger partial charge in [-0.15, -0.1) is 0 Å². The van der Waals surface area contributed by atoms with Crippen molar-refractivity contribution in [3.05, 3.63) is 178 Å². The van der Waals surface area contributed by atoms with Gasteiger partial charge in [0.05, 0.1) is 48.0 Å². The summed E-state index contributed by atoms with van der Waals surface area (Å²) >= 11 is 12.9. The first-order chi connectivity index (χ1) is 37.1. The summed E-state index contributed by atoms with van der Waals surface area (Å²) in [5, 5.41) is 17.1. The van der Waals surface area contributed by atoms with Gasteiger partial charge in [-0.05, 0) is 156 Å². The number of carboxylic acid groups (broad SMARTS) is 1. The van der Waals surface area contributed by atoms with Gasteiger partial charge in [0.15, 0.2) is 11.2 Å². The smallest absolute Gasteiger partial charge is 0.335 e. The molecule has 0 spiro atoms. The molecule has 16 nitrogen and oxygen atoms in total. The molecule has 4 aromatic carbocycles. The number of aromatic nitrogens is 2. The summed E-state index contributed by atoms with van der Waals surface area (Å²) in [4.78, 5) is 58.1. The van der Waals surface area contributed by atoms with E-state index in [1.807, 2.05) is 66.4 Å². The Hall–Kier alpha value is -8.28. The van der Waals surface area contributed by atoms with E-state index in [4.69, 9.17) is 58.1 Å². The lowest BCUT2D eigenvalue weighted by molar-refractivity contribution is -0.117. The summed E-state index contributed by atoms with van der Waals surface area (Å²) in [6.07, 6.45) is 11.9. The molecule has 2 aliphatic rings. The lowest BCUT2D eigenvalue weighted by Gasteiger charge is -2.33. The number of nitrogen functional groups attached to an aromatic ring is 2. The highest BCUT2D eigenvalue weighted by Crippen LogP contribution is 2.35. The molecule has 3 amide bonds. The van der Waals surface area contributed by atoms with Crippen LogP contribution in [0.2, 0.25) is 10.0 Å². The predicted molar refractivity (Wildman–Crippen MR) is 307 cm³/mol. The molecule has 0 unspecified atom stereocenters. The number of rotatable bonds is 12. The monoisotopic (exact) mass is 1090 g/mol. The molecular weight excluding hydrogens is 1030 g/mol. The number of hydrogen-bond donors (Lipinski definition) is 5. The van der Waals surface area contributed by atoms with Crippen LogP contribution in [-0.4, -0.2) is 82.7 Å². The quantitative estimate of drug-likeness (QED) is 0.0717. The normalized spacial score (nSPS) is 15.2. The zero-order chi connectivity index (χ0) is 54.4. The third-order valence-electron chi connectivity index (χ3n) is 12.5. The fourth-order valence-electron chi connectivity index (χ4n) is 8.38. The molecule has 0 saturated carbocycles. The first-order valence-corrected chi connectivity index (χ1v) is 25.6. The second-order valence-corrected chi connectivity index (χ2v) is 19.3. The van der Waals surface area contributed by atoms with Gasteiger partial charge in [-0.1, -0.05) is 61.8 Å². The number of morpholine rings is 1. The Morgan fingerprint density at radius 1 is 0.654 bits per heavy atom. The van der Waals surface area contributed by atoms with Crippen LogP contribution >= 0.6 is 23.2 Å². The highest BCUT2D eigenvalue weighted by molar-refractivity contribution is 6.35. The van der Waals surface area contributed by atoms with E-state index in [-0.39, 0.29) is 49.8 Å². The zero-order valence-electron chi connectivity index (χ0n) is 42.3. The third-order valence-corrected chi connectivity index (χ3v) is 13.1. The number of amides is 3. The Balaban J connectivity index is 0.000000200. The standard InChI is InChI=1S/C29H27ClN4O4.C24H18ClN3O4.C6H12O.CH4/c1-18-17-37-11-10-34(18)29(36)21-6-4-20(5-7-21)22-12-23-13-24(38-28(23)25(30)14-22)16-33-27(35)9-3-19-2-8-26(31)32-15-19;25-20-11-17(15-3-5-16(6-4-15)24(30)31)9-18-10-19(32-23(18)20)13-28-22(29)8-2-14-1-7-21(26)27-12-14;1-6-3-2-4-7-5-6;/h2-9,12-15,18H,10-11,16-17H2,1H3,(H2,31,32)(H,33,35);1-12H,13H2,(H2,26,27)(H,28,29)(H,30,31);6H,2-5H2,1H3;1H4/b9-3+;8-2+;;/t18-;;6-;/m1.0./s1. The van der Waals surface area contributed by atoms with Crippen LogP contribution in [0.3, 0.4) is 0 Å². The van der Waals surface area contributed by atoms with Gasteiger partial charge in [0.25, 0.3) is 5.91 Å². The summed E-state index contributed by atoms with van der Waals surface area (Å²) in [7, 11) is 0. The number of benzene rings is 4. The van der Waals surface area contributed by atoms with Crippen LogP contribution < -0.4 is 22.1 Å². The van der Waals surface area contributed by atoms with Gasteiger partial charge in [-0.25, -0.2) is 14.8 Å². The van der Waals surface area contributed by atoms with Crippen molar-refractivity contribution in [3.8, 4) is 22.3 Å². The minimum atomic E-state index is -0.980. The van der Waals surface area contributed by atoms with Gasteiger partial charge >= 0.3 is 5.97 Å². The largest absolute Gasteiger partial charge is 0.478 e. The SMILES string of the molecule is C.C[C@@H]1COCCN1C(=O)c1ccc(-c2cc(Cl)c3oc(CNC(=O)/C=C/c4ccc(N)nc4)cc3c2)cc1.C[C@H]1CCCOC1.Nc1ccc(/C=C/C(=O)NCc2cc3cc(-c4ccc(C(=O)O)cc4)cc(Cl)c3o2)cn1. The zero-order valence-corrected chi connectivity index (χ0v) is 43.9. The summed E-state index contributed by atoms with van der Waals surface area (Å²) in [5.41, 5.74) is 18.1. The number of furan rings is 2. The maximum absolute atomic E-state index is 12.9. The molecule has 0 bridgehead atoms. The number of pyridine rings is 2. The molecule has 18 heteroatoms. The number of anilines is 2. The van der Waals surface area contributed by atoms with Crippen LogP contribution in [0.15, 0.2) is 143 Å². The van der Waals surface area contributed by atoms with Crippen LogP contribution in [-0.2, 0) is 32.2 Å². The van der Waals surface area contributed by atoms with Gasteiger partial charge in [0, 0.05) is 60.6 Å². The number of fused-ring (bicyclic) bond motifs is 2. The molecule has 6 heterocycles. The van der Waals surface area contributed by atoms with Crippen molar-refractivity contribution in [1.29, 1.82) is 0 Å². The molecule has 2 atom stereocenters. The Labute approximate surface area is 462 Å². The summed E-state index contributed by atoms with van der Waals surface area (Å²) in [6, 6.07) is 32.1. The Morgan fingerprint density at radius 3 is 1.55 bits per heavy atom. The van der Waals surface area contributed by atoms with Crippen LogP contribution in [0.1, 0.15) is 77.5 Å². The van der Waals surface area contributed by atoms with Crippen molar-refractivity contribution in [2.45, 2.75) is 53.2 Å². The van der Waals surface area contributed by atoms with E-state index in [1.165, 1.54) is 25.0 Å². The number of hydrogen-bond acceptors (Lipinski definition) is 12. The Morgan fingerprint density at radius 2 is 1.14 bits per heavy atom. The number of carbonyl (C=O) groups is 4. The van der Waals surface area contributed by atoms with Gasteiger partial charge in [-0.2, -0.15) is 0 Å². The van der Waals surface area contributed by atoms with Crippen LogP contribution in [0, 0.1) is 5.92 Å². The van der Waals surface area contributed by atoms with Crippen LogP contribution in [0.25, 0.3) is 56.3 Å². The lowest BCUT2D eigenvalue weighted by Crippen LogP contribution is -2.47. The van der Waals surface area contributed by atoms with Crippen molar-refractivity contribution in [3.63, 3.8) is 0 Å². The van der Waals surface area contributed by atoms with Crippen molar-refractivity contribution in [1.82, 2.24) is 25.5 Å². The molecule has 4 aromatic heterocycles. The van der Waals surface area contributed by atoms with Gasteiger partial charge in [-0.3, -0.25) is 14.4 Å². The molecule has 404 valence electrons. The van der Waals surface area contributed by atoms with Gasteiger partial charge < -0.3 is 50.4 Å². The van der Waals surface area contributed by atoms with E-state index in [0.717, 1.165) is 63.3 Å². The van der Waals surface area contributed by atoms with E-state index >= 15 is 0 Å². The molecule has 0 aliphatic carbocycles. The average Bonchev–Trinajstić information content (AvgIpc) is 4.08. The minimum Gasteiger partial charge on any atom is -0.478 e. The number of carboxylic acids is 1. The molecule has 10 rings (SSSR count). The molecule has 2 fully saturated rings. The van der Waals surface area contributed by atoms with E-state index in [1.54, 1.807) is 79.1 Å². The van der Waals surface area contributed by atoms with E-state index < -0.39 is 5.97 Å². The first-order valence-electron chi connectivity index (χ1n) is 24.8. The van der Waals surface area contributed by atoms with Crippen molar-refractivity contribution in [2.24, 2.45) is 5.92 Å². The maximum Gasteiger partial charge on any atom is 0.335 e. The van der Waals surface area contributed by atoms with Crippen LogP contribution in [0.5, 0.6) is 0 Å². The average molecular weight is 1100 g/mol.